The van der Waals surface area contributed by atoms with Gasteiger partial charge in [-0.3, -0.25) is 9.59 Å². The van der Waals surface area contributed by atoms with Crippen molar-refractivity contribution in [3.63, 3.8) is 0 Å². The fourth-order valence-electron chi connectivity index (χ4n) is 3.28. The van der Waals surface area contributed by atoms with Gasteiger partial charge in [0.2, 0.25) is 0 Å². The Morgan fingerprint density at radius 3 is 2.45 bits per heavy atom. The largest absolute Gasteiger partial charge is 0.506 e. The Labute approximate surface area is 164 Å². The molecule has 4 aromatic rings. The molecule has 0 spiro atoms. The summed E-state index contributed by atoms with van der Waals surface area (Å²) in [5.41, 5.74) is 1.94. The lowest BCUT2D eigenvalue weighted by molar-refractivity contribution is 0.102. The highest BCUT2D eigenvalue weighted by atomic mass is 19.1. The molecule has 0 unspecified atom stereocenters. The van der Waals surface area contributed by atoms with E-state index in [2.05, 4.69) is 15.4 Å². The summed E-state index contributed by atoms with van der Waals surface area (Å²) in [6, 6.07) is 11.0. The van der Waals surface area contributed by atoms with Crippen molar-refractivity contribution in [2.75, 3.05) is 5.32 Å². The lowest BCUT2D eigenvalue weighted by Crippen LogP contribution is -2.23. The van der Waals surface area contributed by atoms with E-state index in [1.807, 2.05) is 19.9 Å². The monoisotopic (exact) mass is 392 g/mol. The van der Waals surface area contributed by atoms with Crippen molar-refractivity contribution in [3.05, 3.63) is 81.5 Å². The number of amides is 1. The van der Waals surface area contributed by atoms with Gasteiger partial charge in [-0.05, 0) is 61.4 Å². The third-order valence-corrected chi connectivity index (χ3v) is 4.50. The number of halogens is 1. The minimum absolute atomic E-state index is 0.194. The first-order chi connectivity index (χ1) is 13.8. The number of aromatic nitrogens is 3. The van der Waals surface area contributed by atoms with Crippen molar-refractivity contribution in [1.29, 1.82) is 0 Å². The molecule has 0 saturated heterocycles. The molecule has 4 rings (SSSR count). The Morgan fingerprint density at radius 1 is 1.14 bits per heavy atom. The van der Waals surface area contributed by atoms with Gasteiger partial charge in [0, 0.05) is 5.69 Å². The molecule has 0 atom stereocenters. The molecule has 0 radical (unpaired) electrons. The lowest BCUT2D eigenvalue weighted by atomic mass is 10.1. The van der Waals surface area contributed by atoms with Crippen LogP contribution in [0.1, 0.15) is 21.5 Å². The Hall–Kier alpha value is -3.94. The molecule has 0 fully saturated rings. The van der Waals surface area contributed by atoms with E-state index in [9.17, 15) is 19.1 Å². The second kappa shape index (κ2) is 6.90. The molecule has 0 aliphatic rings. The molecule has 0 bridgehead atoms. The van der Waals surface area contributed by atoms with Gasteiger partial charge in [0.1, 0.15) is 22.8 Å². The number of aromatic amines is 1. The number of H-pyrrole nitrogens is 1. The van der Waals surface area contributed by atoms with Crippen LogP contribution in [0.5, 0.6) is 5.75 Å². The van der Waals surface area contributed by atoms with E-state index in [0.29, 0.717) is 11.4 Å². The summed E-state index contributed by atoms with van der Waals surface area (Å²) < 4.78 is 14.5. The number of hydrogen-bond donors (Lipinski definition) is 3. The van der Waals surface area contributed by atoms with E-state index in [1.165, 1.54) is 35.1 Å². The van der Waals surface area contributed by atoms with Crippen LogP contribution in [0, 0.1) is 19.7 Å². The number of fused-ring (bicyclic) bond motifs is 1. The van der Waals surface area contributed by atoms with Gasteiger partial charge in [0.25, 0.3) is 11.5 Å². The average Bonchev–Trinajstić information content (AvgIpc) is 3.05. The van der Waals surface area contributed by atoms with Crippen LogP contribution in [0.3, 0.4) is 0 Å². The van der Waals surface area contributed by atoms with E-state index in [1.54, 1.807) is 12.1 Å². The SMILES string of the molecule is Cc1cc(C)cc(NC(=O)c2c(O)c3cnn(-c4ccc(F)cc4)c3[nH]c2=O)c1. The van der Waals surface area contributed by atoms with Crippen LogP contribution >= 0.6 is 0 Å². The van der Waals surface area contributed by atoms with Gasteiger partial charge in [0.15, 0.2) is 0 Å². The van der Waals surface area contributed by atoms with Gasteiger partial charge >= 0.3 is 0 Å². The van der Waals surface area contributed by atoms with Crippen molar-refractivity contribution < 1.29 is 14.3 Å². The highest BCUT2D eigenvalue weighted by molar-refractivity contribution is 6.08. The molecule has 2 aromatic heterocycles. The molecule has 8 heteroatoms. The maximum atomic E-state index is 13.2. The summed E-state index contributed by atoms with van der Waals surface area (Å²) in [4.78, 5) is 27.8. The zero-order chi connectivity index (χ0) is 20.7. The highest BCUT2D eigenvalue weighted by Gasteiger charge is 2.22. The molecule has 2 aromatic carbocycles. The van der Waals surface area contributed by atoms with Gasteiger partial charge in [-0.2, -0.15) is 5.10 Å². The molecule has 0 aliphatic heterocycles. The van der Waals surface area contributed by atoms with Crippen LogP contribution in [0.2, 0.25) is 0 Å². The molecular weight excluding hydrogens is 375 g/mol. The first-order valence-corrected chi connectivity index (χ1v) is 8.82. The molecule has 146 valence electrons. The number of rotatable bonds is 3. The Morgan fingerprint density at radius 2 is 1.79 bits per heavy atom. The highest BCUT2D eigenvalue weighted by Crippen LogP contribution is 2.27. The lowest BCUT2D eigenvalue weighted by Gasteiger charge is -2.09. The topological polar surface area (TPSA) is 100 Å². The number of aryl methyl sites for hydroxylation is 2. The fraction of sp³-hybridized carbons (Fsp3) is 0.0952. The number of nitrogens with one attached hydrogen (secondary N) is 2. The van der Waals surface area contributed by atoms with Crippen molar-refractivity contribution in [2.24, 2.45) is 0 Å². The third-order valence-electron chi connectivity index (χ3n) is 4.50. The van der Waals surface area contributed by atoms with Crippen molar-refractivity contribution in [3.8, 4) is 11.4 Å². The smallest absolute Gasteiger partial charge is 0.266 e. The third kappa shape index (κ3) is 3.36. The molecule has 2 heterocycles. The normalized spacial score (nSPS) is 11.0. The zero-order valence-electron chi connectivity index (χ0n) is 15.7. The van der Waals surface area contributed by atoms with Crippen LogP contribution < -0.4 is 10.9 Å². The predicted molar refractivity (Wildman–Crippen MR) is 107 cm³/mol. The van der Waals surface area contributed by atoms with Gasteiger partial charge < -0.3 is 15.4 Å². The Balaban J connectivity index is 1.77. The first-order valence-electron chi connectivity index (χ1n) is 8.82. The zero-order valence-corrected chi connectivity index (χ0v) is 15.7. The number of nitrogens with zero attached hydrogens (tertiary/aromatic N) is 2. The number of hydrogen-bond acceptors (Lipinski definition) is 4. The number of anilines is 1. The second-order valence-corrected chi connectivity index (χ2v) is 6.80. The summed E-state index contributed by atoms with van der Waals surface area (Å²) >= 11 is 0. The van der Waals surface area contributed by atoms with Crippen molar-refractivity contribution >= 4 is 22.6 Å². The number of pyridine rings is 1. The Kier molecular flexibility index (Phi) is 4.38. The second-order valence-electron chi connectivity index (χ2n) is 6.80. The molecule has 29 heavy (non-hydrogen) atoms. The molecule has 0 aliphatic carbocycles. The number of aromatic hydroxyl groups is 1. The molecular formula is C21H17FN4O3. The van der Waals surface area contributed by atoms with Gasteiger partial charge in [-0.1, -0.05) is 6.07 Å². The van der Waals surface area contributed by atoms with Crippen LogP contribution in [-0.4, -0.2) is 25.8 Å². The van der Waals surface area contributed by atoms with E-state index in [4.69, 9.17) is 0 Å². The Bertz CT molecular complexity index is 1290. The van der Waals surface area contributed by atoms with E-state index in [0.717, 1.165) is 11.1 Å². The predicted octanol–water partition coefficient (Wildman–Crippen LogP) is 3.43. The summed E-state index contributed by atoms with van der Waals surface area (Å²) in [7, 11) is 0. The quantitative estimate of drug-likeness (QED) is 0.497. The van der Waals surface area contributed by atoms with E-state index in [-0.39, 0.29) is 11.0 Å². The van der Waals surface area contributed by atoms with Crippen LogP contribution in [-0.2, 0) is 0 Å². The fourth-order valence-corrected chi connectivity index (χ4v) is 3.28. The van der Waals surface area contributed by atoms with Crippen molar-refractivity contribution in [2.45, 2.75) is 13.8 Å². The van der Waals surface area contributed by atoms with Crippen LogP contribution in [0.25, 0.3) is 16.7 Å². The van der Waals surface area contributed by atoms with Gasteiger partial charge in [0.05, 0.1) is 17.3 Å². The number of carbonyl (C=O) groups is 1. The molecule has 1 amide bonds. The summed E-state index contributed by atoms with van der Waals surface area (Å²) in [5, 5.41) is 17.6. The maximum Gasteiger partial charge on any atom is 0.266 e. The first kappa shape index (κ1) is 18.4. The molecule has 0 saturated carbocycles. The molecule has 3 N–H and O–H groups in total. The van der Waals surface area contributed by atoms with Gasteiger partial charge in [-0.15, -0.1) is 0 Å². The maximum absolute atomic E-state index is 13.2. The molecule has 7 nitrogen and oxygen atoms in total. The van der Waals surface area contributed by atoms with Crippen LogP contribution in [0.15, 0.2) is 53.5 Å². The minimum Gasteiger partial charge on any atom is -0.506 e. The van der Waals surface area contributed by atoms with E-state index < -0.39 is 28.6 Å². The summed E-state index contributed by atoms with van der Waals surface area (Å²) in [6.45, 7) is 3.78. The van der Waals surface area contributed by atoms with Crippen LogP contribution in [0.4, 0.5) is 10.1 Å². The average molecular weight is 392 g/mol. The summed E-state index contributed by atoms with van der Waals surface area (Å²) in [6.07, 6.45) is 1.33. The standard InChI is InChI=1S/C21H17FN4O3/c1-11-7-12(2)9-14(8-11)24-20(28)17-18(27)16-10-23-26(19(16)25-21(17)29)15-5-3-13(22)4-6-15/h3-10H,1-2H3,(H,24,28)(H2,25,27,29). The van der Waals surface area contributed by atoms with Gasteiger partial charge in [-0.25, -0.2) is 9.07 Å². The van der Waals surface area contributed by atoms with Crippen molar-refractivity contribution in [1.82, 2.24) is 14.8 Å². The summed E-state index contributed by atoms with van der Waals surface area (Å²) in [5.74, 6) is -1.61. The van der Waals surface area contributed by atoms with E-state index >= 15 is 0 Å². The number of benzene rings is 2. The number of carbonyl (C=O) groups excluding carboxylic acids is 1. The minimum atomic E-state index is -0.763.